The first-order valence-electron chi connectivity index (χ1n) is 5.94. The zero-order chi connectivity index (χ0) is 12.1. The van der Waals surface area contributed by atoms with E-state index in [9.17, 15) is 0 Å². The second kappa shape index (κ2) is 5.59. The summed E-state index contributed by atoms with van der Waals surface area (Å²) in [5.74, 6) is 1.04. The van der Waals surface area contributed by atoms with E-state index in [1.165, 1.54) is 5.56 Å². The molecule has 1 atom stereocenters. The van der Waals surface area contributed by atoms with Crippen LogP contribution in [-0.2, 0) is 13.0 Å². The molecule has 0 bridgehead atoms. The van der Waals surface area contributed by atoms with Crippen molar-refractivity contribution in [1.82, 2.24) is 14.5 Å². The van der Waals surface area contributed by atoms with E-state index in [1.807, 2.05) is 24.7 Å². The number of nitrogens with two attached hydrogens (primary N) is 1. The molecule has 4 nitrogen and oxygen atoms in total. The van der Waals surface area contributed by atoms with Gasteiger partial charge in [-0.15, -0.1) is 0 Å². The molecule has 0 spiro atoms. The number of nitrogens with zero attached hydrogens (tertiary/aromatic N) is 3. The second-order valence-electron chi connectivity index (χ2n) is 4.21. The van der Waals surface area contributed by atoms with Gasteiger partial charge in [0.25, 0.3) is 0 Å². The lowest BCUT2D eigenvalue weighted by molar-refractivity contribution is 0.597. The van der Waals surface area contributed by atoms with E-state index >= 15 is 0 Å². The molecule has 0 saturated carbocycles. The Hall–Kier alpha value is -1.68. The maximum absolute atomic E-state index is 5.96. The van der Waals surface area contributed by atoms with E-state index < -0.39 is 0 Å². The molecule has 2 N–H and O–H groups in total. The maximum atomic E-state index is 5.96. The van der Waals surface area contributed by atoms with Gasteiger partial charge in [0.05, 0.1) is 6.54 Å². The topological polar surface area (TPSA) is 56.7 Å². The molecule has 0 radical (unpaired) electrons. The highest BCUT2D eigenvalue weighted by molar-refractivity contribution is 5.10. The summed E-state index contributed by atoms with van der Waals surface area (Å²) in [5.41, 5.74) is 7.14. The van der Waals surface area contributed by atoms with E-state index in [2.05, 4.69) is 27.5 Å². The molecule has 0 aliphatic carbocycles. The Kier molecular flexibility index (Phi) is 3.88. The van der Waals surface area contributed by atoms with E-state index in [0.29, 0.717) is 0 Å². The Balaban J connectivity index is 2.09. The fourth-order valence-corrected chi connectivity index (χ4v) is 1.74. The molecular formula is C13H18N4. The molecule has 90 valence electrons. The number of hydrogen-bond acceptors (Lipinski definition) is 3. The van der Waals surface area contributed by atoms with Gasteiger partial charge >= 0.3 is 0 Å². The molecule has 2 aromatic rings. The number of aromatic nitrogens is 3. The smallest absolute Gasteiger partial charge is 0.110 e. The summed E-state index contributed by atoms with van der Waals surface area (Å²) in [7, 11) is 0. The Bertz CT molecular complexity index is 449. The Labute approximate surface area is 102 Å². The van der Waals surface area contributed by atoms with Crippen LogP contribution in [0.1, 0.15) is 24.7 Å². The van der Waals surface area contributed by atoms with Crippen LogP contribution in [0.4, 0.5) is 0 Å². The average molecular weight is 230 g/mol. The van der Waals surface area contributed by atoms with Gasteiger partial charge in [-0.1, -0.05) is 13.0 Å². The molecule has 0 aromatic carbocycles. The lowest BCUT2D eigenvalue weighted by atomic mass is 10.1. The molecule has 0 aliphatic heterocycles. The molecule has 0 saturated heterocycles. The number of imidazole rings is 1. The summed E-state index contributed by atoms with van der Waals surface area (Å²) in [6.07, 6.45) is 9.27. The van der Waals surface area contributed by atoms with Gasteiger partial charge in [0.15, 0.2) is 0 Å². The first kappa shape index (κ1) is 11.8. The molecule has 4 heteroatoms. The third-order valence-corrected chi connectivity index (χ3v) is 2.85. The van der Waals surface area contributed by atoms with E-state index in [4.69, 9.17) is 5.73 Å². The zero-order valence-corrected chi connectivity index (χ0v) is 10.1. The molecule has 1 unspecified atom stereocenters. The van der Waals surface area contributed by atoms with Crippen LogP contribution < -0.4 is 5.73 Å². The second-order valence-corrected chi connectivity index (χ2v) is 4.21. The largest absolute Gasteiger partial charge is 0.330 e. The molecule has 2 aromatic heterocycles. The zero-order valence-electron chi connectivity index (χ0n) is 10.1. The van der Waals surface area contributed by atoms with Gasteiger partial charge < -0.3 is 10.3 Å². The minimum Gasteiger partial charge on any atom is -0.330 e. The minimum atomic E-state index is 0.185. The van der Waals surface area contributed by atoms with Gasteiger partial charge in [-0.3, -0.25) is 4.98 Å². The van der Waals surface area contributed by atoms with E-state index in [0.717, 1.165) is 25.2 Å². The lowest BCUT2D eigenvalue weighted by Gasteiger charge is -2.11. The van der Waals surface area contributed by atoms with Crippen molar-refractivity contribution in [2.45, 2.75) is 32.4 Å². The summed E-state index contributed by atoms with van der Waals surface area (Å²) in [5, 5.41) is 0. The van der Waals surface area contributed by atoms with Crippen LogP contribution in [0.3, 0.4) is 0 Å². The van der Waals surface area contributed by atoms with Crippen molar-refractivity contribution in [2.75, 3.05) is 0 Å². The van der Waals surface area contributed by atoms with Gasteiger partial charge in [0, 0.05) is 37.3 Å². The third-order valence-electron chi connectivity index (χ3n) is 2.85. The van der Waals surface area contributed by atoms with Crippen molar-refractivity contribution >= 4 is 0 Å². The van der Waals surface area contributed by atoms with Crippen LogP contribution in [0.2, 0.25) is 0 Å². The van der Waals surface area contributed by atoms with Gasteiger partial charge in [0.2, 0.25) is 0 Å². The van der Waals surface area contributed by atoms with Crippen LogP contribution in [0.5, 0.6) is 0 Å². The maximum Gasteiger partial charge on any atom is 0.110 e. The van der Waals surface area contributed by atoms with Crippen molar-refractivity contribution in [2.24, 2.45) is 5.73 Å². The monoisotopic (exact) mass is 230 g/mol. The summed E-state index contributed by atoms with van der Waals surface area (Å²) >= 11 is 0. The number of hydrogen-bond donors (Lipinski definition) is 1. The quantitative estimate of drug-likeness (QED) is 0.849. The van der Waals surface area contributed by atoms with Crippen LogP contribution in [0.15, 0.2) is 36.9 Å². The average Bonchev–Trinajstić information content (AvgIpc) is 2.78. The SMILES string of the molecule is CCC(N)Cc1nccn1Cc1cccnc1. The van der Waals surface area contributed by atoms with Gasteiger partial charge in [-0.25, -0.2) is 4.98 Å². The van der Waals surface area contributed by atoms with Crippen LogP contribution in [0, 0.1) is 0 Å². The predicted molar refractivity (Wildman–Crippen MR) is 67.5 cm³/mol. The standard InChI is InChI=1S/C13H18N4/c1-2-12(14)8-13-16-6-7-17(13)10-11-4-3-5-15-9-11/h3-7,9,12H,2,8,10,14H2,1H3. The molecular weight excluding hydrogens is 212 g/mol. The number of pyridine rings is 1. The highest BCUT2D eigenvalue weighted by Gasteiger charge is 2.07. The molecule has 17 heavy (non-hydrogen) atoms. The summed E-state index contributed by atoms with van der Waals surface area (Å²) in [6.45, 7) is 2.90. The Morgan fingerprint density at radius 1 is 1.41 bits per heavy atom. The highest BCUT2D eigenvalue weighted by Crippen LogP contribution is 2.06. The van der Waals surface area contributed by atoms with Crippen molar-refractivity contribution in [1.29, 1.82) is 0 Å². The fraction of sp³-hybridized carbons (Fsp3) is 0.385. The molecule has 0 fully saturated rings. The van der Waals surface area contributed by atoms with Crippen molar-refractivity contribution < 1.29 is 0 Å². The predicted octanol–water partition coefficient (Wildman–Crippen LogP) is 1.61. The molecule has 0 aliphatic rings. The summed E-state index contributed by atoms with van der Waals surface area (Å²) in [4.78, 5) is 8.48. The van der Waals surface area contributed by atoms with Crippen molar-refractivity contribution in [3.63, 3.8) is 0 Å². The Morgan fingerprint density at radius 2 is 2.29 bits per heavy atom. The molecule has 2 rings (SSSR count). The Morgan fingerprint density at radius 3 is 3.00 bits per heavy atom. The first-order valence-corrected chi connectivity index (χ1v) is 5.94. The lowest BCUT2D eigenvalue weighted by Crippen LogP contribution is -2.23. The molecule has 0 amide bonds. The van der Waals surface area contributed by atoms with Gasteiger partial charge in [0.1, 0.15) is 5.82 Å². The molecule has 2 heterocycles. The summed E-state index contributed by atoms with van der Waals surface area (Å²) < 4.78 is 2.13. The highest BCUT2D eigenvalue weighted by atomic mass is 15.1. The van der Waals surface area contributed by atoms with Crippen LogP contribution >= 0.6 is 0 Å². The fourth-order valence-electron chi connectivity index (χ4n) is 1.74. The van der Waals surface area contributed by atoms with Crippen LogP contribution in [0.25, 0.3) is 0 Å². The third kappa shape index (κ3) is 3.14. The van der Waals surface area contributed by atoms with Crippen molar-refractivity contribution in [3.8, 4) is 0 Å². The number of rotatable bonds is 5. The van der Waals surface area contributed by atoms with Gasteiger partial charge in [-0.2, -0.15) is 0 Å². The van der Waals surface area contributed by atoms with Crippen LogP contribution in [-0.4, -0.2) is 20.6 Å². The van der Waals surface area contributed by atoms with Crippen molar-refractivity contribution in [3.05, 3.63) is 48.3 Å². The minimum absolute atomic E-state index is 0.185. The van der Waals surface area contributed by atoms with E-state index in [-0.39, 0.29) is 6.04 Å². The first-order chi connectivity index (χ1) is 8.29. The van der Waals surface area contributed by atoms with Gasteiger partial charge in [-0.05, 0) is 18.1 Å². The van der Waals surface area contributed by atoms with E-state index in [1.54, 1.807) is 6.20 Å². The summed E-state index contributed by atoms with van der Waals surface area (Å²) in [6, 6.07) is 4.20. The normalized spacial score (nSPS) is 12.6.